The maximum atomic E-state index is 13.3. The number of phenolic OH excluding ortho intramolecular Hbond substituents is 1. The fraction of sp³-hybridized carbons (Fsp3) is 0.259. The van der Waals surface area contributed by atoms with E-state index in [0.29, 0.717) is 17.4 Å². The fourth-order valence-electron chi connectivity index (χ4n) is 3.36. The van der Waals surface area contributed by atoms with E-state index in [9.17, 15) is 27.9 Å². The standard InChI is InChI=1S/C27H25F3O5/c1-16(31)18-6-5-7-19(14-18)17-8-11-21(12-9-17)34-15-20-10-13-22(27(28,29)30)24(32)23(20)25(33)35-26(2,3)4/h5-14,32H,15H2,1-4H3. The van der Waals surface area contributed by atoms with Crippen LogP contribution < -0.4 is 4.74 Å². The van der Waals surface area contributed by atoms with Crippen molar-refractivity contribution in [2.75, 3.05) is 0 Å². The lowest BCUT2D eigenvalue weighted by molar-refractivity contribution is -0.138. The van der Waals surface area contributed by atoms with Crippen molar-refractivity contribution in [3.8, 4) is 22.6 Å². The summed E-state index contributed by atoms with van der Waals surface area (Å²) in [5, 5.41) is 10.3. The molecule has 0 radical (unpaired) electrons. The first-order valence-electron chi connectivity index (χ1n) is 10.8. The summed E-state index contributed by atoms with van der Waals surface area (Å²) in [6.45, 7) is 5.91. The van der Waals surface area contributed by atoms with Crippen molar-refractivity contribution >= 4 is 11.8 Å². The van der Waals surface area contributed by atoms with Gasteiger partial charge in [-0.05, 0) is 63.1 Å². The number of carbonyl (C=O) groups is 2. The highest BCUT2D eigenvalue weighted by Gasteiger charge is 2.37. The summed E-state index contributed by atoms with van der Waals surface area (Å²) in [6.07, 6.45) is -4.85. The summed E-state index contributed by atoms with van der Waals surface area (Å²) in [5.74, 6) is -1.94. The van der Waals surface area contributed by atoms with E-state index in [-0.39, 0.29) is 18.0 Å². The second-order valence-electron chi connectivity index (χ2n) is 8.95. The normalized spacial score (nSPS) is 11.7. The highest BCUT2D eigenvalue weighted by atomic mass is 19.4. The molecule has 0 saturated heterocycles. The van der Waals surface area contributed by atoms with Gasteiger partial charge in [-0.25, -0.2) is 4.79 Å². The first-order valence-corrected chi connectivity index (χ1v) is 10.8. The van der Waals surface area contributed by atoms with Crippen LogP contribution in [0.4, 0.5) is 13.2 Å². The summed E-state index contributed by atoms with van der Waals surface area (Å²) < 4.78 is 50.8. The van der Waals surface area contributed by atoms with E-state index in [4.69, 9.17) is 9.47 Å². The topological polar surface area (TPSA) is 72.8 Å². The predicted octanol–water partition coefficient (Wildman–Crippen LogP) is 6.81. The third-order valence-corrected chi connectivity index (χ3v) is 5.02. The van der Waals surface area contributed by atoms with Crippen LogP contribution in [0.3, 0.4) is 0 Å². The molecule has 184 valence electrons. The number of rotatable bonds is 6. The SMILES string of the molecule is CC(=O)c1cccc(-c2ccc(OCc3ccc(C(F)(F)F)c(O)c3C(=O)OC(C)(C)C)cc2)c1. The van der Waals surface area contributed by atoms with Gasteiger partial charge in [-0.1, -0.05) is 36.4 Å². The smallest absolute Gasteiger partial charge is 0.419 e. The predicted molar refractivity (Wildman–Crippen MR) is 124 cm³/mol. The Kier molecular flexibility index (Phi) is 7.24. The van der Waals surface area contributed by atoms with E-state index in [2.05, 4.69) is 0 Å². The minimum absolute atomic E-state index is 0.0444. The molecule has 0 bridgehead atoms. The summed E-state index contributed by atoms with van der Waals surface area (Å²) in [6, 6.07) is 15.8. The molecule has 0 aliphatic rings. The largest absolute Gasteiger partial charge is 0.506 e. The molecule has 3 aromatic rings. The Labute approximate surface area is 201 Å². The molecule has 0 fully saturated rings. The number of hydrogen-bond acceptors (Lipinski definition) is 5. The van der Waals surface area contributed by atoms with Crippen LogP contribution >= 0.6 is 0 Å². The van der Waals surface area contributed by atoms with Crippen LogP contribution in [0.25, 0.3) is 11.1 Å². The van der Waals surface area contributed by atoms with Crippen LogP contribution in [0.15, 0.2) is 60.7 Å². The molecule has 3 rings (SSSR count). The number of carbonyl (C=O) groups excluding carboxylic acids is 2. The summed E-state index contributed by atoms with van der Waals surface area (Å²) in [4.78, 5) is 24.3. The maximum Gasteiger partial charge on any atom is 0.419 e. The Bertz CT molecular complexity index is 1240. The Morgan fingerprint density at radius 3 is 2.14 bits per heavy atom. The number of phenols is 1. The minimum Gasteiger partial charge on any atom is -0.506 e. The monoisotopic (exact) mass is 486 g/mol. The van der Waals surface area contributed by atoms with Gasteiger partial charge in [0.2, 0.25) is 0 Å². The van der Waals surface area contributed by atoms with Gasteiger partial charge in [0.05, 0.1) is 5.56 Å². The van der Waals surface area contributed by atoms with Crippen molar-refractivity contribution < 1.29 is 37.3 Å². The van der Waals surface area contributed by atoms with Gasteiger partial charge in [-0.2, -0.15) is 13.2 Å². The van der Waals surface area contributed by atoms with Crippen molar-refractivity contribution in [1.29, 1.82) is 0 Å². The van der Waals surface area contributed by atoms with E-state index >= 15 is 0 Å². The fourth-order valence-corrected chi connectivity index (χ4v) is 3.36. The van der Waals surface area contributed by atoms with Gasteiger partial charge in [0.25, 0.3) is 0 Å². The summed E-state index contributed by atoms with van der Waals surface area (Å²) >= 11 is 0. The number of alkyl halides is 3. The molecule has 5 nitrogen and oxygen atoms in total. The minimum atomic E-state index is -4.85. The Hall–Kier alpha value is -3.81. The number of Topliss-reactive ketones (excluding diaryl/α,β-unsaturated/α-hetero) is 1. The highest BCUT2D eigenvalue weighted by molar-refractivity contribution is 5.95. The van der Waals surface area contributed by atoms with E-state index in [1.165, 1.54) is 6.92 Å². The number of esters is 1. The van der Waals surface area contributed by atoms with Gasteiger partial charge in [0, 0.05) is 11.1 Å². The van der Waals surface area contributed by atoms with E-state index in [1.807, 2.05) is 6.07 Å². The molecule has 3 aromatic carbocycles. The second kappa shape index (κ2) is 9.82. The molecule has 0 heterocycles. The zero-order valence-electron chi connectivity index (χ0n) is 19.7. The quantitative estimate of drug-likeness (QED) is 0.306. The third-order valence-electron chi connectivity index (χ3n) is 5.02. The number of benzene rings is 3. The van der Waals surface area contributed by atoms with Gasteiger partial charge < -0.3 is 14.6 Å². The van der Waals surface area contributed by atoms with E-state index < -0.39 is 34.6 Å². The number of ether oxygens (including phenoxy) is 2. The first-order chi connectivity index (χ1) is 16.3. The molecule has 0 aliphatic heterocycles. The average molecular weight is 486 g/mol. The van der Waals surface area contributed by atoms with Crippen LogP contribution in [0.2, 0.25) is 0 Å². The lowest BCUT2D eigenvalue weighted by atomic mass is 10.0. The molecule has 0 aliphatic carbocycles. The maximum absolute atomic E-state index is 13.3. The molecular weight excluding hydrogens is 461 g/mol. The molecule has 0 amide bonds. The molecule has 8 heteroatoms. The van der Waals surface area contributed by atoms with Gasteiger partial charge in [-0.15, -0.1) is 0 Å². The van der Waals surface area contributed by atoms with Crippen molar-refractivity contribution in [2.45, 2.75) is 46.1 Å². The molecule has 0 atom stereocenters. The zero-order chi connectivity index (χ0) is 26.0. The molecule has 0 saturated carbocycles. The van der Waals surface area contributed by atoms with Crippen molar-refractivity contribution in [1.82, 2.24) is 0 Å². The van der Waals surface area contributed by atoms with Gasteiger partial charge in [0.15, 0.2) is 5.78 Å². The molecule has 35 heavy (non-hydrogen) atoms. The number of hydrogen-bond donors (Lipinski definition) is 1. The Morgan fingerprint density at radius 1 is 0.914 bits per heavy atom. The number of halogens is 3. The van der Waals surface area contributed by atoms with Crippen molar-refractivity contribution in [3.63, 3.8) is 0 Å². The molecule has 0 spiro atoms. The second-order valence-corrected chi connectivity index (χ2v) is 8.95. The lowest BCUT2D eigenvalue weighted by Gasteiger charge is -2.22. The van der Waals surface area contributed by atoms with Gasteiger partial charge in [-0.3, -0.25) is 4.79 Å². The molecule has 0 unspecified atom stereocenters. The van der Waals surface area contributed by atoms with Crippen molar-refractivity contribution in [2.24, 2.45) is 0 Å². The van der Waals surface area contributed by atoms with Gasteiger partial charge >= 0.3 is 12.1 Å². The van der Waals surface area contributed by atoms with Crippen LogP contribution in [0, 0.1) is 0 Å². The zero-order valence-corrected chi connectivity index (χ0v) is 19.7. The number of ketones is 1. The lowest BCUT2D eigenvalue weighted by Crippen LogP contribution is -2.25. The average Bonchev–Trinajstić information content (AvgIpc) is 2.76. The first kappa shape index (κ1) is 25.8. The molecule has 1 N–H and O–H groups in total. The number of aromatic hydroxyl groups is 1. The molecular formula is C27H25F3O5. The van der Waals surface area contributed by atoms with Crippen LogP contribution in [0.1, 0.15) is 59.5 Å². The summed E-state index contributed by atoms with van der Waals surface area (Å²) in [5.41, 5.74) is -0.605. The van der Waals surface area contributed by atoms with Crippen LogP contribution in [-0.2, 0) is 17.5 Å². The van der Waals surface area contributed by atoms with Crippen LogP contribution in [0.5, 0.6) is 11.5 Å². The summed E-state index contributed by atoms with van der Waals surface area (Å²) in [7, 11) is 0. The highest BCUT2D eigenvalue weighted by Crippen LogP contribution is 2.39. The third kappa shape index (κ3) is 6.41. The Morgan fingerprint density at radius 2 is 1.57 bits per heavy atom. The van der Waals surface area contributed by atoms with Gasteiger partial charge in [0.1, 0.15) is 29.3 Å². The van der Waals surface area contributed by atoms with Crippen LogP contribution in [-0.4, -0.2) is 22.5 Å². The van der Waals surface area contributed by atoms with E-state index in [1.54, 1.807) is 63.2 Å². The van der Waals surface area contributed by atoms with Crippen molar-refractivity contribution in [3.05, 3.63) is 82.9 Å². The Balaban J connectivity index is 1.86. The molecule has 0 aromatic heterocycles. The van der Waals surface area contributed by atoms with E-state index in [0.717, 1.165) is 17.2 Å².